The molecule has 1 aliphatic heterocycles. The van der Waals surface area contributed by atoms with Crippen LogP contribution in [0.5, 0.6) is 11.5 Å². The van der Waals surface area contributed by atoms with Crippen LogP contribution in [-0.4, -0.2) is 37.5 Å². The van der Waals surface area contributed by atoms with Crippen molar-refractivity contribution < 1.29 is 33.0 Å². The molecule has 3 aromatic rings. The van der Waals surface area contributed by atoms with Crippen molar-refractivity contribution >= 4 is 52.8 Å². The second-order valence-corrected chi connectivity index (χ2v) is 9.01. The van der Waals surface area contributed by atoms with Gasteiger partial charge in [0.15, 0.2) is 18.1 Å². The maximum atomic E-state index is 13.3. The summed E-state index contributed by atoms with van der Waals surface area (Å²) in [5, 5.41) is 4.88. The molecule has 11 heteroatoms. The number of anilines is 2. The lowest BCUT2D eigenvalue weighted by molar-refractivity contribution is -0.122. The third kappa shape index (κ3) is 6.07. The highest BCUT2D eigenvalue weighted by molar-refractivity contribution is 6.39. The van der Waals surface area contributed by atoms with Gasteiger partial charge in [-0.2, -0.15) is 0 Å². The Bertz CT molecular complexity index is 1520. The molecule has 200 valence electrons. The monoisotopic (exact) mass is 551 g/mol. The van der Waals surface area contributed by atoms with E-state index in [1.165, 1.54) is 37.5 Å². The number of ether oxygens (including phenoxy) is 2. The molecule has 0 spiro atoms. The van der Waals surface area contributed by atoms with Gasteiger partial charge in [-0.05, 0) is 85.1 Å². The van der Waals surface area contributed by atoms with Gasteiger partial charge in [0.1, 0.15) is 11.4 Å². The lowest BCUT2D eigenvalue weighted by Gasteiger charge is -2.26. The number of carbonyl (C=O) groups excluding carboxylic acids is 4. The first-order chi connectivity index (χ1) is 18.6. The topological polar surface area (TPSA) is 114 Å². The number of nitrogens with zero attached hydrogens (tertiary/aromatic N) is 1. The summed E-state index contributed by atoms with van der Waals surface area (Å²) in [4.78, 5) is 51.0. The molecule has 39 heavy (non-hydrogen) atoms. The van der Waals surface area contributed by atoms with Gasteiger partial charge < -0.3 is 14.8 Å². The SMILES string of the molecule is COc1cc(/C=C2\C(=O)NC(=O)N(c3ccc(F)cc3)C2=O)cc(Cl)c1OCC(=O)Nc1ccc(C)c(C)c1. The van der Waals surface area contributed by atoms with E-state index in [0.29, 0.717) is 5.69 Å². The molecule has 0 unspecified atom stereocenters. The fraction of sp³-hybridized carbons (Fsp3) is 0.143. The summed E-state index contributed by atoms with van der Waals surface area (Å²) in [7, 11) is 1.36. The highest BCUT2D eigenvalue weighted by Gasteiger charge is 2.37. The van der Waals surface area contributed by atoms with Crippen LogP contribution in [0.4, 0.5) is 20.6 Å². The Morgan fingerprint density at radius 1 is 1.05 bits per heavy atom. The summed E-state index contributed by atoms with van der Waals surface area (Å²) in [5.74, 6) is -2.57. The fourth-order valence-corrected chi connectivity index (χ4v) is 4.04. The smallest absolute Gasteiger partial charge is 0.335 e. The van der Waals surface area contributed by atoms with Crippen molar-refractivity contribution in [2.24, 2.45) is 0 Å². The molecule has 1 saturated heterocycles. The minimum absolute atomic E-state index is 0.0512. The quantitative estimate of drug-likeness (QED) is 0.322. The number of imide groups is 2. The first-order valence-corrected chi connectivity index (χ1v) is 12.0. The molecule has 0 radical (unpaired) electrons. The van der Waals surface area contributed by atoms with E-state index in [-0.39, 0.29) is 40.0 Å². The number of halogens is 2. The number of benzene rings is 3. The highest BCUT2D eigenvalue weighted by Crippen LogP contribution is 2.37. The molecule has 0 aromatic heterocycles. The number of aryl methyl sites for hydroxylation is 2. The highest BCUT2D eigenvalue weighted by atomic mass is 35.5. The Morgan fingerprint density at radius 2 is 1.77 bits per heavy atom. The van der Waals surface area contributed by atoms with Gasteiger partial charge in [0.05, 0.1) is 17.8 Å². The number of hydrogen-bond acceptors (Lipinski definition) is 6. The molecule has 0 saturated carbocycles. The van der Waals surface area contributed by atoms with E-state index in [2.05, 4.69) is 10.6 Å². The average Bonchev–Trinajstić information content (AvgIpc) is 2.88. The van der Waals surface area contributed by atoms with E-state index >= 15 is 0 Å². The summed E-state index contributed by atoms with van der Waals surface area (Å²) in [6, 6.07) is 12.1. The Hall–Kier alpha value is -4.70. The molecule has 0 atom stereocenters. The van der Waals surface area contributed by atoms with Gasteiger partial charge in [0.2, 0.25) is 0 Å². The van der Waals surface area contributed by atoms with Crippen molar-refractivity contribution in [3.05, 3.63) is 87.7 Å². The van der Waals surface area contributed by atoms with Crippen LogP contribution < -0.4 is 25.0 Å². The van der Waals surface area contributed by atoms with Gasteiger partial charge >= 0.3 is 6.03 Å². The number of carbonyl (C=O) groups is 4. The molecule has 0 bridgehead atoms. The maximum absolute atomic E-state index is 13.3. The lowest BCUT2D eigenvalue weighted by Crippen LogP contribution is -2.54. The van der Waals surface area contributed by atoms with E-state index in [4.69, 9.17) is 21.1 Å². The van der Waals surface area contributed by atoms with Crippen LogP contribution in [0.25, 0.3) is 6.08 Å². The van der Waals surface area contributed by atoms with Crippen LogP contribution in [-0.2, 0) is 14.4 Å². The first-order valence-electron chi connectivity index (χ1n) is 11.6. The zero-order chi connectivity index (χ0) is 28.3. The third-order valence-corrected chi connectivity index (χ3v) is 6.17. The normalized spacial score (nSPS) is 14.3. The van der Waals surface area contributed by atoms with Crippen molar-refractivity contribution in [1.82, 2.24) is 5.32 Å². The van der Waals surface area contributed by atoms with Gasteiger partial charge in [-0.25, -0.2) is 14.1 Å². The molecule has 9 nitrogen and oxygen atoms in total. The number of methoxy groups -OCH3 is 1. The minimum atomic E-state index is -0.966. The van der Waals surface area contributed by atoms with Crippen LogP contribution >= 0.6 is 11.6 Å². The van der Waals surface area contributed by atoms with Crippen LogP contribution in [0.1, 0.15) is 16.7 Å². The molecule has 1 fully saturated rings. The van der Waals surface area contributed by atoms with Gasteiger partial charge in [0, 0.05) is 5.69 Å². The molecule has 1 heterocycles. The van der Waals surface area contributed by atoms with Crippen molar-refractivity contribution in [1.29, 1.82) is 0 Å². The van der Waals surface area contributed by atoms with Gasteiger partial charge in [-0.3, -0.25) is 19.7 Å². The van der Waals surface area contributed by atoms with Crippen molar-refractivity contribution in [3.63, 3.8) is 0 Å². The number of nitrogens with one attached hydrogen (secondary N) is 2. The van der Waals surface area contributed by atoms with Gasteiger partial charge in [-0.1, -0.05) is 17.7 Å². The van der Waals surface area contributed by atoms with Gasteiger partial charge in [0.25, 0.3) is 17.7 Å². The fourth-order valence-electron chi connectivity index (χ4n) is 3.77. The Labute approximate surface area is 228 Å². The van der Waals surface area contributed by atoms with Crippen molar-refractivity contribution in [2.45, 2.75) is 13.8 Å². The van der Waals surface area contributed by atoms with E-state index in [1.807, 2.05) is 26.0 Å². The van der Waals surface area contributed by atoms with Crippen molar-refractivity contribution in [3.8, 4) is 11.5 Å². The van der Waals surface area contributed by atoms with Crippen LogP contribution in [0.3, 0.4) is 0 Å². The second kappa shape index (κ2) is 11.4. The standard InChI is InChI=1S/C28H23ClFN3O6/c1-15-4-7-19(10-16(15)2)31-24(34)14-39-25-22(29)12-17(13-23(25)38-3)11-21-26(35)32-28(37)33(27(21)36)20-8-5-18(30)6-9-20/h4-13H,14H2,1-3H3,(H,31,34)(H,32,35,37)/b21-11+. The zero-order valence-corrected chi connectivity index (χ0v) is 21.9. The third-order valence-electron chi connectivity index (χ3n) is 5.89. The van der Waals surface area contributed by atoms with Crippen LogP contribution in [0.2, 0.25) is 5.02 Å². The molecule has 2 N–H and O–H groups in total. The summed E-state index contributed by atoms with van der Waals surface area (Å²) in [5.41, 5.74) is 2.75. The van der Waals surface area contributed by atoms with E-state index in [9.17, 15) is 23.6 Å². The summed E-state index contributed by atoms with van der Waals surface area (Å²) >= 11 is 6.40. The average molecular weight is 552 g/mol. The summed E-state index contributed by atoms with van der Waals surface area (Å²) < 4.78 is 24.3. The summed E-state index contributed by atoms with van der Waals surface area (Å²) in [6.45, 7) is 3.54. The van der Waals surface area contributed by atoms with Crippen LogP contribution in [0, 0.1) is 19.7 Å². The maximum Gasteiger partial charge on any atom is 0.335 e. The molecule has 0 aliphatic carbocycles. The predicted octanol–water partition coefficient (Wildman–Crippen LogP) is 4.79. The molecule has 3 aromatic carbocycles. The number of hydrogen-bond donors (Lipinski definition) is 2. The molecular formula is C28H23ClFN3O6. The Balaban J connectivity index is 1.54. The van der Waals surface area contributed by atoms with E-state index in [1.54, 1.807) is 6.07 Å². The number of rotatable bonds is 7. The van der Waals surface area contributed by atoms with E-state index in [0.717, 1.165) is 28.2 Å². The second-order valence-electron chi connectivity index (χ2n) is 8.60. The minimum Gasteiger partial charge on any atom is -0.493 e. The molecule has 4 rings (SSSR count). The lowest BCUT2D eigenvalue weighted by atomic mass is 10.1. The molecular weight excluding hydrogens is 529 g/mol. The Kier molecular flexibility index (Phi) is 7.96. The van der Waals surface area contributed by atoms with Crippen LogP contribution in [0.15, 0.2) is 60.2 Å². The van der Waals surface area contributed by atoms with E-state index < -0.39 is 29.6 Å². The number of barbiturate groups is 1. The number of amides is 5. The van der Waals surface area contributed by atoms with Crippen molar-refractivity contribution in [2.75, 3.05) is 23.9 Å². The molecule has 5 amide bonds. The Morgan fingerprint density at radius 3 is 2.44 bits per heavy atom. The summed E-state index contributed by atoms with van der Waals surface area (Å²) in [6.07, 6.45) is 1.23. The first kappa shape index (κ1) is 27.3. The number of urea groups is 1. The largest absolute Gasteiger partial charge is 0.493 e. The van der Waals surface area contributed by atoms with Gasteiger partial charge in [-0.15, -0.1) is 0 Å². The zero-order valence-electron chi connectivity index (χ0n) is 21.1. The predicted molar refractivity (Wildman–Crippen MR) is 143 cm³/mol. The molecule has 1 aliphatic rings.